The minimum Gasteiger partial charge on any atom is -0.397 e. The summed E-state index contributed by atoms with van der Waals surface area (Å²) in [5.74, 6) is -0.385. The molecule has 0 saturated heterocycles. The Morgan fingerprint density at radius 1 is 1.11 bits per heavy atom. The Kier molecular flexibility index (Phi) is 3.63. The van der Waals surface area contributed by atoms with E-state index in [1.54, 1.807) is 37.3 Å². The monoisotopic (exact) mass is 252 g/mol. The summed E-state index contributed by atoms with van der Waals surface area (Å²) in [4.78, 5) is 0. The number of benzene rings is 2. The fourth-order valence-electron chi connectivity index (χ4n) is 1.88. The van der Waals surface area contributed by atoms with E-state index in [9.17, 15) is 9.65 Å². The molecule has 0 bridgehead atoms. The maximum Gasteiger partial charge on any atom is 0.135 e. The van der Waals surface area contributed by atoms with Crippen molar-refractivity contribution in [2.75, 3.05) is 0 Å². The van der Waals surface area contributed by atoms with Crippen LogP contribution in [0.25, 0.3) is 11.3 Å². The van der Waals surface area contributed by atoms with E-state index in [4.69, 9.17) is 5.73 Å². The molecule has 0 aliphatic rings. The van der Waals surface area contributed by atoms with Crippen molar-refractivity contribution in [1.29, 1.82) is 5.26 Å². The van der Waals surface area contributed by atoms with Gasteiger partial charge < -0.3 is 5.73 Å². The summed E-state index contributed by atoms with van der Waals surface area (Å²) in [7, 11) is 0. The minimum absolute atomic E-state index is 0.162. The molecular formula is C16H13FN2. The molecule has 94 valence electrons. The molecule has 2 nitrogen and oxygen atoms in total. The SMILES string of the molecule is Cc1cccc(/C(N)=C(/C#N)c2ccccc2)c1F. The van der Waals surface area contributed by atoms with E-state index < -0.39 is 0 Å². The first-order chi connectivity index (χ1) is 9.15. The molecule has 2 rings (SSSR count). The van der Waals surface area contributed by atoms with Crippen LogP contribution in [0, 0.1) is 24.1 Å². The van der Waals surface area contributed by atoms with Gasteiger partial charge in [-0.2, -0.15) is 5.26 Å². The largest absolute Gasteiger partial charge is 0.397 e. The van der Waals surface area contributed by atoms with Gasteiger partial charge in [-0.15, -0.1) is 0 Å². The van der Waals surface area contributed by atoms with Crippen molar-refractivity contribution in [2.45, 2.75) is 6.92 Å². The van der Waals surface area contributed by atoms with Gasteiger partial charge in [0.2, 0.25) is 0 Å². The van der Waals surface area contributed by atoms with Crippen LogP contribution in [0.15, 0.2) is 48.5 Å². The number of rotatable bonds is 2. The lowest BCUT2D eigenvalue weighted by molar-refractivity contribution is 0.614. The number of hydrogen-bond acceptors (Lipinski definition) is 2. The van der Waals surface area contributed by atoms with E-state index in [2.05, 4.69) is 6.07 Å². The Morgan fingerprint density at radius 2 is 1.79 bits per heavy atom. The number of nitrogens with two attached hydrogens (primary N) is 1. The highest BCUT2D eigenvalue weighted by Crippen LogP contribution is 2.25. The molecule has 0 spiro atoms. The minimum atomic E-state index is -0.385. The van der Waals surface area contributed by atoms with Crippen LogP contribution in [-0.4, -0.2) is 0 Å². The Bertz CT molecular complexity index is 667. The van der Waals surface area contributed by atoms with Crippen molar-refractivity contribution in [3.8, 4) is 6.07 Å². The van der Waals surface area contributed by atoms with E-state index in [1.165, 1.54) is 0 Å². The van der Waals surface area contributed by atoms with Crippen molar-refractivity contribution in [2.24, 2.45) is 5.73 Å². The number of nitrogens with zero attached hydrogens (tertiary/aromatic N) is 1. The van der Waals surface area contributed by atoms with Crippen molar-refractivity contribution < 1.29 is 4.39 Å². The molecule has 0 radical (unpaired) electrons. The van der Waals surface area contributed by atoms with Crippen molar-refractivity contribution >= 4 is 11.3 Å². The summed E-state index contributed by atoms with van der Waals surface area (Å²) >= 11 is 0. The van der Waals surface area contributed by atoms with Gasteiger partial charge in [0.05, 0.1) is 11.3 Å². The lowest BCUT2D eigenvalue weighted by Gasteiger charge is -2.08. The van der Waals surface area contributed by atoms with Gasteiger partial charge in [0.25, 0.3) is 0 Å². The Balaban J connectivity index is 2.63. The first kappa shape index (κ1) is 12.8. The summed E-state index contributed by atoms with van der Waals surface area (Å²) in [5, 5.41) is 9.26. The highest BCUT2D eigenvalue weighted by molar-refractivity contribution is 5.96. The van der Waals surface area contributed by atoms with Gasteiger partial charge in [0.1, 0.15) is 11.9 Å². The first-order valence-corrected chi connectivity index (χ1v) is 5.86. The zero-order valence-corrected chi connectivity index (χ0v) is 10.5. The third kappa shape index (κ3) is 2.48. The summed E-state index contributed by atoms with van der Waals surface area (Å²) in [6.07, 6.45) is 0. The standard InChI is InChI=1S/C16H13FN2/c1-11-6-5-9-13(15(11)17)16(19)14(10-18)12-7-3-2-4-8-12/h2-9H,19H2,1H3/b16-14+. The summed E-state index contributed by atoms with van der Waals surface area (Å²) in [5.41, 5.74) is 7.87. The van der Waals surface area contributed by atoms with E-state index in [0.29, 0.717) is 11.1 Å². The Morgan fingerprint density at radius 3 is 2.42 bits per heavy atom. The predicted molar refractivity (Wildman–Crippen MR) is 74.2 cm³/mol. The second-order valence-electron chi connectivity index (χ2n) is 4.20. The lowest BCUT2D eigenvalue weighted by atomic mass is 9.99. The fraction of sp³-hybridized carbons (Fsp3) is 0.0625. The van der Waals surface area contributed by atoms with Crippen LogP contribution in [0.4, 0.5) is 4.39 Å². The zero-order valence-electron chi connectivity index (χ0n) is 10.5. The topological polar surface area (TPSA) is 49.8 Å². The molecule has 2 aromatic rings. The van der Waals surface area contributed by atoms with Crippen LogP contribution in [0.5, 0.6) is 0 Å². The molecule has 0 amide bonds. The molecule has 0 aliphatic heterocycles. The van der Waals surface area contributed by atoms with Crippen LogP contribution >= 0.6 is 0 Å². The molecule has 0 fully saturated rings. The third-order valence-corrected chi connectivity index (χ3v) is 2.93. The van der Waals surface area contributed by atoms with Gasteiger partial charge in [0.15, 0.2) is 0 Å². The van der Waals surface area contributed by atoms with Gasteiger partial charge in [0, 0.05) is 5.56 Å². The highest BCUT2D eigenvalue weighted by atomic mass is 19.1. The van der Waals surface area contributed by atoms with Gasteiger partial charge in [-0.05, 0) is 24.1 Å². The molecule has 2 N–H and O–H groups in total. The van der Waals surface area contributed by atoms with Crippen molar-refractivity contribution in [1.82, 2.24) is 0 Å². The highest BCUT2D eigenvalue weighted by Gasteiger charge is 2.13. The normalized spacial score (nSPS) is 11.6. The van der Waals surface area contributed by atoms with E-state index in [0.717, 1.165) is 0 Å². The number of nitriles is 1. The van der Waals surface area contributed by atoms with Crippen LogP contribution in [0.3, 0.4) is 0 Å². The van der Waals surface area contributed by atoms with E-state index in [1.807, 2.05) is 18.2 Å². The maximum absolute atomic E-state index is 14.0. The van der Waals surface area contributed by atoms with Crippen LogP contribution < -0.4 is 5.73 Å². The smallest absolute Gasteiger partial charge is 0.135 e. The number of hydrogen-bond donors (Lipinski definition) is 1. The van der Waals surface area contributed by atoms with Crippen LogP contribution in [-0.2, 0) is 0 Å². The predicted octanol–water partition coefficient (Wildman–Crippen LogP) is 3.48. The number of halogens is 1. The molecule has 19 heavy (non-hydrogen) atoms. The summed E-state index contributed by atoms with van der Waals surface area (Å²) < 4.78 is 14.0. The average molecular weight is 252 g/mol. The Hall–Kier alpha value is -2.60. The molecule has 3 heteroatoms. The average Bonchev–Trinajstić information content (AvgIpc) is 2.44. The van der Waals surface area contributed by atoms with Gasteiger partial charge in [-0.3, -0.25) is 0 Å². The molecule has 0 aromatic heterocycles. The van der Waals surface area contributed by atoms with Gasteiger partial charge >= 0.3 is 0 Å². The molecule has 0 unspecified atom stereocenters. The molecular weight excluding hydrogens is 239 g/mol. The maximum atomic E-state index is 14.0. The van der Waals surface area contributed by atoms with Crippen LogP contribution in [0.1, 0.15) is 16.7 Å². The molecule has 0 aliphatic carbocycles. The molecule has 0 saturated carbocycles. The molecule has 0 atom stereocenters. The summed E-state index contributed by atoms with van der Waals surface area (Å²) in [6, 6.07) is 16.0. The number of aryl methyl sites for hydroxylation is 1. The van der Waals surface area contributed by atoms with Crippen molar-refractivity contribution in [3.05, 3.63) is 71.0 Å². The van der Waals surface area contributed by atoms with Gasteiger partial charge in [-0.1, -0.05) is 42.5 Å². The second-order valence-corrected chi connectivity index (χ2v) is 4.20. The quantitative estimate of drug-likeness (QED) is 0.657. The molecule has 2 aromatic carbocycles. The third-order valence-electron chi connectivity index (χ3n) is 2.93. The lowest BCUT2D eigenvalue weighted by Crippen LogP contribution is -2.04. The van der Waals surface area contributed by atoms with E-state index >= 15 is 0 Å². The van der Waals surface area contributed by atoms with Gasteiger partial charge in [-0.25, -0.2) is 4.39 Å². The number of allylic oxidation sites excluding steroid dienone is 1. The molecule has 0 heterocycles. The second kappa shape index (κ2) is 5.36. The first-order valence-electron chi connectivity index (χ1n) is 5.86. The Labute approximate surface area is 111 Å². The fourth-order valence-corrected chi connectivity index (χ4v) is 1.88. The van der Waals surface area contributed by atoms with Crippen molar-refractivity contribution in [3.63, 3.8) is 0 Å². The summed E-state index contributed by atoms with van der Waals surface area (Å²) in [6.45, 7) is 1.67. The zero-order chi connectivity index (χ0) is 13.8. The van der Waals surface area contributed by atoms with Crippen LogP contribution in [0.2, 0.25) is 0 Å². The van der Waals surface area contributed by atoms with E-state index in [-0.39, 0.29) is 22.7 Å².